The Morgan fingerprint density at radius 2 is 1.59 bits per heavy atom. The van der Waals surface area contributed by atoms with Crippen molar-refractivity contribution in [3.05, 3.63) is 64.4 Å². The largest absolute Gasteiger partial charge is 0.465 e. The summed E-state index contributed by atoms with van der Waals surface area (Å²) in [6.07, 6.45) is 6.50. The molecule has 0 atom stereocenters. The highest BCUT2D eigenvalue weighted by atomic mass is 16.5. The number of anilines is 1. The fourth-order valence-corrected chi connectivity index (χ4v) is 3.43. The van der Waals surface area contributed by atoms with Crippen molar-refractivity contribution in [1.29, 1.82) is 0 Å². The number of hydrogen-bond acceptors (Lipinski definition) is 6. The van der Waals surface area contributed by atoms with Crippen molar-refractivity contribution in [1.82, 2.24) is 9.13 Å². The monoisotopic (exact) mass is 397 g/mol. The molecule has 3 rings (SSSR count). The summed E-state index contributed by atoms with van der Waals surface area (Å²) >= 11 is 0. The average Bonchev–Trinajstić information content (AvgIpc) is 2.87. The van der Waals surface area contributed by atoms with Gasteiger partial charge in [-0.1, -0.05) is 6.08 Å². The summed E-state index contributed by atoms with van der Waals surface area (Å²) in [7, 11) is 2.50. The second-order valence-corrected chi connectivity index (χ2v) is 6.26. The number of aromatic nitrogens is 2. The quantitative estimate of drug-likeness (QED) is 0.720. The van der Waals surface area contributed by atoms with Crippen LogP contribution in [-0.4, -0.2) is 35.3 Å². The van der Waals surface area contributed by atoms with Gasteiger partial charge in [0.2, 0.25) is 0 Å². The van der Waals surface area contributed by atoms with E-state index in [1.54, 1.807) is 38.5 Å². The molecule has 8 heteroatoms. The zero-order valence-electron chi connectivity index (χ0n) is 16.8. The number of aryl methyl sites for hydroxylation is 2. The number of fused-ring (bicyclic) bond motifs is 1. The molecule has 0 unspecified atom stereocenters. The number of nitrogens with zero attached hydrogens (tertiary/aromatic N) is 3. The molecule has 0 spiro atoms. The minimum absolute atomic E-state index is 0.0315. The molecular weight excluding hydrogens is 374 g/mol. The lowest BCUT2D eigenvalue weighted by Gasteiger charge is -2.23. The number of carbonyl (C=O) groups excluding carboxylic acids is 2. The molecule has 2 heterocycles. The predicted molar refractivity (Wildman–Crippen MR) is 109 cm³/mol. The van der Waals surface area contributed by atoms with Crippen LogP contribution < -0.4 is 10.6 Å². The van der Waals surface area contributed by atoms with Gasteiger partial charge in [-0.25, -0.2) is 14.4 Å². The molecule has 152 valence electrons. The number of rotatable bonds is 5. The van der Waals surface area contributed by atoms with Crippen molar-refractivity contribution in [2.75, 3.05) is 19.1 Å². The van der Waals surface area contributed by atoms with E-state index in [9.17, 15) is 14.4 Å². The molecule has 1 aliphatic rings. The number of carbonyl (C=O) groups is 2. The number of ether oxygens (including phenoxy) is 2. The molecular formula is C21H23N3O5. The number of imidazole rings is 1. The van der Waals surface area contributed by atoms with E-state index in [0.717, 1.165) is 11.0 Å². The van der Waals surface area contributed by atoms with Crippen LogP contribution in [0.15, 0.2) is 58.7 Å². The Balaban J connectivity index is 2.27. The predicted octanol–water partition coefficient (Wildman–Crippen LogP) is 2.33. The topological polar surface area (TPSA) is 82.8 Å². The summed E-state index contributed by atoms with van der Waals surface area (Å²) in [6, 6.07) is 5.45. The Labute approximate surface area is 167 Å². The fourth-order valence-electron chi connectivity index (χ4n) is 3.43. The minimum Gasteiger partial charge on any atom is -0.465 e. The summed E-state index contributed by atoms with van der Waals surface area (Å²) in [5.41, 5.74) is 2.17. The van der Waals surface area contributed by atoms with Crippen LogP contribution in [0.2, 0.25) is 0 Å². The number of allylic oxidation sites excluding steroid dienone is 2. The average molecular weight is 397 g/mol. The smallest absolute Gasteiger partial charge is 0.355 e. The van der Waals surface area contributed by atoms with Crippen molar-refractivity contribution in [3.63, 3.8) is 0 Å². The van der Waals surface area contributed by atoms with Crippen molar-refractivity contribution >= 4 is 28.7 Å². The van der Waals surface area contributed by atoms with Crippen LogP contribution in [-0.2, 0) is 32.2 Å². The van der Waals surface area contributed by atoms with Crippen LogP contribution in [0.25, 0.3) is 11.0 Å². The Hall–Kier alpha value is -3.55. The molecule has 0 saturated heterocycles. The lowest BCUT2D eigenvalue weighted by atomic mass is 10.1. The van der Waals surface area contributed by atoms with E-state index < -0.39 is 11.9 Å². The third kappa shape index (κ3) is 3.37. The van der Waals surface area contributed by atoms with Crippen LogP contribution in [0.3, 0.4) is 0 Å². The fraction of sp³-hybridized carbons (Fsp3) is 0.286. The summed E-state index contributed by atoms with van der Waals surface area (Å²) in [6.45, 7) is 4.88. The Morgan fingerprint density at radius 1 is 0.931 bits per heavy atom. The molecule has 0 saturated carbocycles. The van der Waals surface area contributed by atoms with E-state index >= 15 is 0 Å². The summed E-state index contributed by atoms with van der Waals surface area (Å²) in [5.74, 6) is -1.33. The van der Waals surface area contributed by atoms with Gasteiger partial charge in [-0.15, -0.1) is 0 Å². The highest BCUT2D eigenvalue weighted by Gasteiger charge is 2.28. The maximum absolute atomic E-state index is 12.6. The molecule has 1 aliphatic heterocycles. The maximum atomic E-state index is 12.6. The molecule has 1 aromatic heterocycles. The Kier molecular flexibility index (Phi) is 5.72. The number of benzene rings is 1. The van der Waals surface area contributed by atoms with Crippen LogP contribution in [0.4, 0.5) is 5.69 Å². The molecule has 0 amide bonds. The molecule has 1 aromatic carbocycles. The summed E-state index contributed by atoms with van der Waals surface area (Å²) in [4.78, 5) is 39.1. The molecule has 0 fully saturated rings. The van der Waals surface area contributed by atoms with Gasteiger partial charge in [0.05, 0.1) is 30.8 Å². The number of esters is 2. The second-order valence-electron chi connectivity index (χ2n) is 6.26. The Morgan fingerprint density at radius 3 is 2.21 bits per heavy atom. The Bertz CT molecular complexity index is 1120. The van der Waals surface area contributed by atoms with E-state index in [4.69, 9.17) is 9.47 Å². The minimum atomic E-state index is -0.680. The van der Waals surface area contributed by atoms with E-state index in [2.05, 4.69) is 0 Å². The molecule has 0 N–H and O–H groups in total. The van der Waals surface area contributed by atoms with E-state index in [-0.39, 0.29) is 17.0 Å². The first-order chi connectivity index (χ1) is 14.0. The van der Waals surface area contributed by atoms with Gasteiger partial charge in [0.1, 0.15) is 5.70 Å². The SMILES string of the molecule is CCn1c(=O)n(CC)c2cc(N3C=CC=CC(C(=O)OC)=C3C(=O)OC)ccc21. The van der Waals surface area contributed by atoms with Gasteiger partial charge in [0.15, 0.2) is 0 Å². The molecule has 2 aromatic rings. The van der Waals surface area contributed by atoms with Crippen LogP contribution >= 0.6 is 0 Å². The second kappa shape index (κ2) is 8.22. The first kappa shape index (κ1) is 20.2. The highest BCUT2D eigenvalue weighted by Crippen LogP contribution is 2.29. The van der Waals surface area contributed by atoms with Gasteiger partial charge in [0.25, 0.3) is 0 Å². The first-order valence-corrected chi connectivity index (χ1v) is 9.26. The lowest BCUT2D eigenvalue weighted by molar-refractivity contribution is -0.139. The summed E-state index contributed by atoms with van der Waals surface area (Å²) in [5, 5.41) is 0. The molecule has 0 aliphatic carbocycles. The maximum Gasteiger partial charge on any atom is 0.355 e. The molecule has 29 heavy (non-hydrogen) atoms. The van der Waals surface area contributed by atoms with E-state index in [1.165, 1.54) is 20.3 Å². The zero-order valence-corrected chi connectivity index (χ0v) is 16.8. The van der Waals surface area contributed by atoms with Crippen LogP contribution in [0.1, 0.15) is 13.8 Å². The highest BCUT2D eigenvalue weighted by molar-refractivity contribution is 6.05. The van der Waals surface area contributed by atoms with Gasteiger partial charge in [0, 0.05) is 25.0 Å². The number of hydrogen-bond donors (Lipinski definition) is 0. The van der Waals surface area contributed by atoms with E-state index in [0.29, 0.717) is 18.8 Å². The van der Waals surface area contributed by atoms with Crippen molar-refractivity contribution in [3.8, 4) is 0 Å². The van der Waals surface area contributed by atoms with Gasteiger partial charge in [-0.3, -0.25) is 9.13 Å². The number of methoxy groups -OCH3 is 2. The van der Waals surface area contributed by atoms with Crippen molar-refractivity contribution in [2.45, 2.75) is 26.9 Å². The van der Waals surface area contributed by atoms with Gasteiger partial charge < -0.3 is 14.4 Å². The lowest BCUT2D eigenvalue weighted by Crippen LogP contribution is -2.27. The van der Waals surface area contributed by atoms with Crippen molar-refractivity contribution in [2.24, 2.45) is 0 Å². The van der Waals surface area contributed by atoms with E-state index in [1.807, 2.05) is 26.0 Å². The van der Waals surface area contributed by atoms with Crippen molar-refractivity contribution < 1.29 is 19.1 Å². The standard InChI is InChI=1S/C21H23N3O5/c1-5-22-16-11-10-14(13-17(16)23(6-2)21(22)27)24-12-8-7-9-15(19(25)28-3)18(24)20(26)29-4/h7-13H,5-6H2,1-4H3. The normalized spacial score (nSPS) is 13.7. The molecule has 8 nitrogen and oxygen atoms in total. The van der Waals surface area contributed by atoms with Gasteiger partial charge in [-0.05, 0) is 44.2 Å². The van der Waals surface area contributed by atoms with Crippen LogP contribution in [0, 0.1) is 0 Å². The first-order valence-electron chi connectivity index (χ1n) is 9.26. The van der Waals surface area contributed by atoms with Gasteiger partial charge in [-0.2, -0.15) is 0 Å². The molecule has 0 radical (unpaired) electrons. The summed E-state index contributed by atoms with van der Waals surface area (Å²) < 4.78 is 13.1. The van der Waals surface area contributed by atoms with Gasteiger partial charge >= 0.3 is 17.6 Å². The third-order valence-corrected chi connectivity index (χ3v) is 4.80. The van der Waals surface area contributed by atoms with Crippen LogP contribution in [0.5, 0.6) is 0 Å². The third-order valence-electron chi connectivity index (χ3n) is 4.80. The molecule has 0 bridgehead atoms. The zero-order chi connectivity index (χ0) is 21.1.